The van der Waals surface area contributed by atoms with Crippen LogP contribution < -0.4 is 14.8 Å². The van der Waals surface area contributed by atoms with Crippen LogP contribution in [0.2, 0.25) is 0 Å². The second-order valence-corrected chi connectivity index (χ2v) is 6.60. The van der Waals surface area contributed by atoms with Crippen molar-refractivity contribution in [3.63, 3.8) is 0 Å². The SMILES string of the molecule is CCOC(=O)CCCOc1ccc(OCCCC(=O)OCC)c(NC(=O)CC(C)=O)c1. The maximum atomic E-state index is 12.0. The average Bonchev–Trinajstić information content (AvgIpc) is 2.69. The van der Waals surface area contributed by atoms with E-state index in [0.29, 0.717) is 49.8 Å². The van der Waals surface area contributed by atoms with Crippen molar-refractivity contribution in [3.8, 4) is 11.5 Å². The van der Waals surface area contributed by atoms with E-state index in [-0.39, 0.29) is 43.6 Å². The summed E-state index contributed by atoms with van der Waals surface area (Å²) in [5.74, 6) is -0.452. The number of ether oxygens (including phenoxy) is 4. The number of carbonyl (C=O) groups excluding carboxylic acids is 4. The third kappa shape index (κ3) is 11.6. The van der Waals surface area contributed by atoms with Gasteiger partial charge in [-0.3, -0.25) is 19.2 Å². The molecular weight excluding hydrogens is 406 g/mol. The molecule has 0 unspecified atom stereocenters. The molecule has 172 valence electrons. The number of hydrogen-bond donors (Lipinski definition) is 1. The summed E-state index contributed by atoms with van der Waals surface area (Å²) in [4.78, 5) is 46.0. The number of carbonyl (C=O) groups is 4. The number of benzene rings is 1. The molecule has 9 nitrogen and oxygen atoms in total. The molecule has 0 aliphatic carbocycles. The lowest BCUT2D eigenvalue weighted by atomic mass is 10.2. The second-order valence-electron chi connectivity index (χ2n) is 6.60. The fraction of sp³-hybridized carbons (Fsp3) is 0.545. The zero-order valence-electron chi connectivity index (χ0n) is 18.4. The van der Waals surface area contributed by atoms with Crippen molar-refractivity contribution in [2.75, 3.05) is 31.7 Å². The zero-order valence-corrected chi connectivity index (χ0v) is 18.4. The molecule has 1 aromatic rings. The lowest BCUT2D eigenvalue weighted by Crippen LogP contribution is -2.16. The number of rotatable bonds is 15. The largest absolute Gasteiger partial charge is 0.493 e. The van der Waals surface area contributed by atoms with Crippen molar-refractivity contribution in [2.45, 2.75) is 52.9 Å². The van der Waals surface area contributed by atoms with Crippen molar-refractivity contribution >= 4 is 29.3 Å². The predicted octanol–water partition coefficient (Wildman–Crippen LogP) is 3.05. The number of hydrogen-bond acceptors (Lipinski definition) is 8. The van der Waals surface area contributed by atoms with E-state index in [4.69, 9.17) is 18.9 Å². The molecule has 0 heterocycles. The van der Waals surface area contributed by atoms with Crippen LogP contribution in [0.3, 0.4) is 0 Å². The number of esters is 2. The highest BCUT2D eigenvalue weighted by Crippen LogP contribution is 2.30. The Morgan fingerprint density at radius 1 is 0.871 bits per heavy atom. The average molecular weight is 437 g/mol. The van der Waals surface area contributed by atoms with Gasteiger partial charge in [-0.25, -0.2) is 0 Å². The van der Waals surface area contributed by atoms with Crippen LogP contribution >= 0.6 is 0 Å². The molecule has 0 saturated carbocycles. The van der Waals surface area contributed by atoms with Gasteiger partial charge < -0.3 is 24.3 Å². The molecule has 0 aliphatic heterocycles. The quantitative estimate of drug-likeness (QED) is 0.253. The van der Waals surface area contributed by atoms with E-state index in [1.54, 1.807) is 32.0 Å². The van der Waals surface area contributed by atoms with Crippen molar-refractivity contribution < 1.29 is 38.1 Å². The van der Waals surface area contributed by atoms with Gasteiger partial charge in [-0.15, -0.1) is 0 Å². The van der Waals surface area contributed by atoms with Crippen LogP contribution in [-0.4, -0.2) is 50.1 Å². The maximum absolute atomic E-state index is 12.0. The van der Waals surface area contributed by atoms with E-state index in [9.17, 15) is 19.2 Å². The number of amides is 1. The van der Waals surface area contributed by atoms with E-state index < -0.39 is 5.91 Å². The summed E-state index contributed by atoms with van der Waals surface area (Å²) in [6.45, 7) is 6.02. The van der Waals surface area contributed by atoms with E-state index in [1.165, 1.54) is 6.92 Å². The van der Waals surface area contributed by atoms with E-state index in [1.807, 2.05) is 0 Å². The molecule has 0 radical (unpaired) electrons. The molecule has 1 N–H and O–H groups in total. The Morgan fingerprint density at radius 3 is 2.00 bits per heavy atom. The van der Waals surface area contributed by atoms with Crippen LogP contribution in [0.5, 0.6) is 11.5 Å². The van der Waals surface area contributed by atoms with Gasteiger partial charge in [0.1, 0.15) is 17.3 Å². The van der Waals surface area contributed by atoms with E-state index in [0.717, 1.165) is 0 Å². The first kappa shape index (κ1) is 25.9. The fourth-order valence-electron chi connectivity index (χ4n) is 2.51. The van der Waals surface area contributed by atoms with Gasteiger partial charge in [-0.1, -0.05) is 0 Å². The normalized spacial score (nSPS) is 10.2. The highest BCUT2D eigenvalue weighted by molar-refractivity contribution is 6.04. The van der Waals surface area contributed by atoms with Gasteiger partial charge in [0, 0.05) is 18.9 Å². The molecule has 1 amide bonds. The van der Waals surface area contributed by atoms with Crippen LogP contribution in [0, 0.1) is 0 Å². The minimum absolute atomic E-state index is 0.224. The van der Waals surface area contributed by atoms with Crippen LogP contribution in [0.25, 0.3) is 0 Å². The Kier molecular flexibility index (Phi) is 12.4. The summed E-state index contributed by atoms with van der Waals surface area (Å²) in [6, 6.07) is 4.89. The number of ketones is 1. The summed E-state index contributed by atoms with van der Waals surface area (Å²) < 4.78 is 21.1. The third-order valence-corrected chi connectivity index (χ3v) is 3.82. The molecule has 0 fully saturated rings. The van der Waals surface area contributed by atoms with Crippen LogP contribution in [0.15, 0.2) is 18.2 Å². The van der Waals surface area contributed by atoms with Gasteiger partial charge in [-0.05, 0) is 45.7 Å². The highest BCUT2D eigenvalue weighted by Gasteiger charge is 2.12. The topological polar surface area (TPSA) is 117 Å². The smallest absolute Gasteiger partial charge is 0.305 e. The summed E-state index contributed by atoms with van der Waals surface area (Å²) in [5, 5.41) is 2.65. The standard InChI is InChI=1S/C22H31NO8/c1-4-28-21(26)8-6-12-30-17-10-11-19(31-13-7-9-22(27)29-5-2)18(15-17)23-20(25)14-16(3)24/h10-11,15H,4-9,12-14H2,1-3H3,(H,23,25). The van der Waals surface area contributed by atoms with Crippen molar-refractivity contribution in [1.82, 2.24) is 0 Å². The van der Waals surface area contributed by atoms with E-state index >= 15 is 0 Å². The first-order valence-corrected chi connectivity index (χ1v) is 10.4. The molecule has 0 spiro atoms. The van der Waals surface area contributed by atoms with Gasteiger partial charge in [-0.2, -0.15) is 0 Å². The molecular formula is C22H31NO8. The Hall–Kier alpha value is -3.10. The Balaban J connectivity index is 2.69. The lowest BCUT2D eigenvalue weighted by Gasteiger charge is -2.14. The van der Waals surface area contributed by atoms with Crippen LogP contribution in [0.1, 0.15) is 52.9 Å². The molecule has 0 aliphatic rings. The monoisotopic (exact) mass is 437 g/mol. The first-order valence-electron chi connectivity index (χ1n) is 10.4. The second kappa shape index (κ2) is 14.8. The Bertz CT molecular complexity index is 747. The zero-order chi connectivity index (χ0) is 23.1. The number of nitrogens with one attached hydrogen (secondary N) is 1. The lowest BCUT2D eigenvalue weighted by molar-refractivity contribution is -0.144. The summed E-state index contributed by atoms with van der Waals surface area (Å²) in [7, 11) is 0. The summed E-state index contributed by atoms with van der Waals surface area (Å²) in [6.07, 6.45) is 1.15. The molecule has 9 heteroatoms. The van der Waals surface area contributed by atoms with Crippen molar-refractivity contribution in [3.05, 3.63) is 18.2 Å². The minimum Gasteiger partial charge on any atom is -0.493 e. The van der Waals surface area contributed by atoms with Crippen LogP contribution in [-0.2, 0) is 28.7 Å². The van der Waals surface area contributed by atoms with Gasteiger partial charge in [0.25, 0.3) is 0 Å². The molecule has 0 bridgehead atoms. The summed E-state index contributed by atoms with van der Waals surface area (Å²) >= 11 is 0. The number of anilines is 1. The maximum Gasteiger partial charge on any atom is 0.305 e. The molecule has 31 heavy (non-hydrogen) atoms. The van der Waals surface area contributed by atoms with Gasteiger partial charge >= 0.3 is 11.9 Å². The highest BCUT2D eigenvalue weighted by atomic mass is 16.5. The molecule has 0 saturated heterocycles. The van der Waals surface area contributed by atoms with Gasteiger partial charge in [0.15, 0.2) is 0 Å². The Morgan fingerprint density at radius 2 is 1.45 bits per heavy atom. The van der Waals surface area contributed by atoms with Crippen molar-refractivity contribution in [1.29, 1.82) is 0 Å². The molecule has 0 atom stereocenters. The third-order valence-electron chi connectivity index (χ3n) is 3.82. The minimum atomic E-state index is -0.469. The fourth-order valence-corrected chi connectivity index (χ4v) is 2.51. The van der Waals surface area contributed by atoms with Crippen LogP contribution in [0.4, 0.5) is 5.69 Å². The van der Waals surface area contributed by atoms with Gasteiger partial charge in [0.2, 0.25) is 5.91 Å². The summed E-state index contributed by atoms with van der Waals surface area (Å²) in [5.41, 5.74) is 0.352. The predicted molar refractivity (Wildman–Crippen MR) is 113 cm³/mol. The first-order chi connectivity index (χ1) is 14.8. The Labute approximate surface area is 182 Å². The van der Waals surface area contributed by atoms with Gasteiger partial charge in [0.05, 0.1) is 38.5 Å². The molecule has 1 rings (SSSR count). The van der Waals surface area contributed by atoms with E-state index in [2.05, 4.69) is 5.32 Å². The number of Topliss-reactive ketones (excluding diaryl/α,β-unsaturated/α-hetero) is 1. The molecule has 0 aromatic heterocycles. The van der Waals surface area contributed by atoms with Crippen molar-refractivity contribution in [2.24, 2.45) is 0 Å². The molecule has 1 aromatic carbocycles.